The summed E-state index contributed by atoms with van der Waals surface area (Å²) in [5, 5.41) is 0.493. The van der Waals surface area contributed by atoms with E-state index in [1.807, 2.05) is 12.1 Å². The van der Waals surface area contributed by atoms with E-state index >= 15 is 0 Å². The largest absolute Gasteiger partial charge is 0.382 e. The first kappa shape index (κ1) is 30.2. The van der Waals surface area contributed by atoms with E-state index in [2.05, 4.69) is 88.1 Å². The molecule has 2 aromatic carbocycles. The number of nitrogens with two attached hydrogens (primary N) is 3. The summed E-state index contributed by atoms with van der Waals surface area (Å²) in [5.41, 5.74) is 24.4. The molecule has 2 aromatic heterocycles. The summed E-state index contributed by atoms with van der Waals surface area (Å²) in [6, 6.07) is 21.1. The molecule has 4 aromatic rings. The van der Waals surface area contributed by atoms with Crippen molar-refractivity contribution in [1.29, 1.82) is 0 Å². The van der Waals surface area contributed by atoms with E-state index in [0.717, 1.165) is 75.1 Å². The fraction of sp³-hybridized carbons (Fsp3) is 0.412. The van der Waals surface area contributed by atoms with Crippen LogP contribution in [-0.2, 0) is 0 Å². The van der Waals surface area contributed by atoms with Crippen LogP contribution in [0.15, 0.2) is 60.7 Å². The lowest BCUT2D eigenvalue weighted by atomic mass is 10.1. The maximum atomic E-state index is 6.41. The monoisotopic (exact) mass is 639 g/mol. The van der Waals surface area contributed by atoms with Gasteiger partial charge < -0.3 is 36.8 Å². The van der Waals surface area contributed by atoms with Crippen molar-refractivity contribution in [2.24, 2.45) is 0 Å². The zero-order valence-corrected chi connectivity index (χ0v) is 26.9. The van der Waals surface area contributed by atoms with Crippen LogP contribution in [0.25, 0.3) is 0 Å². The van der Waals surface area contributed by atoms with Gasteiger partial charge in [0.25, 0.3) is 0 Å². The summed E-state index contributed by atoms with van der Waals surface area (Å²) in [7, 11) is 0. The van der Waals surface area contributed by atoms with Crippen molar-refractivity contribution in [3.8, 4) is 0 Å². The van der Waals surface area contributed by atoms with E-state index in [1.165, 1.54) is 37.1 Å². The highest BCUT2D eigenvalue weighted by atomic mass is 35.5. The molecule has 2 saturated heterocycles. The first-order chi connectivity index (χ1) is 22.4. The van der Waals surface area contributed by atoms with Crippen molar-refractivity contribution in [1.82, 2.24) is 19.9 Å². The summed E-state index contributed by atoms with van der Waals surface area (Å²) in [4.78, 5) is 26.8. The minimum Gasteiger partial charge on any atom is -0.382 e. The highest BCUT2D eigenvalue weighted by molar-refractivity contribution is 6.32. The maximum Gasteiger partial charge on any atom is 0.222 e. The van der Waals surface area contributed by atoms with Gasteiger partial charge in [0.15, 0.2) is 11.0 Å². The molecule has 0 unspecified atom stereocenters. The number of rotatable bonds is 6. The SMILES string of the molecule is Nc1nc(Cl)c(N2CCN(c3ccccc3)CC2)c(C2CC2)n1.Nc1nc(N)c(N2CCN(c3ccccc3)CC2)c(C2CC2)n1. The summed E-state index contributed by atoms with van der Waals surface area (Å²) in [6.07, 6.45) is 4.69. The topological polar surface area (TPSA) is 143 Å². The van der Waals surface area contributed by atoms with Crippen molar-refractivity contribution in [3.63, 3.8) is 0 Å². The molecular formula is C34H42ClN11. The molecule has 2 saturated carbocycles. The normalized spacial score (nSPS) is 18.3. The quantitative estimate of drug-likeness (QED) is 0.251. The van der Waals surface area contributed by atoms with Gasteiger partial charge in [0, 0.05) is 75.6 Å². The number of para-hydroxylation sites is 2. The summed E-state index contributed by atoms with van der Waals surface area (Å²) in [6.45, 7) is 7.56. The first-order valence-corrected chi connectivity index (χ1v) is 16.7. The molecular weight excluding hydrogens is 598 g/mol. The molecule has 2 aliphatic carbocycles. The predicted octanol–water partition coefficient (Wildman–Crippen LogP) is 4.76. The van der Waals surface area contributed by atoms with Crippen LogP contribution in [0, 0.1) is 0 Å². The van der Waals surface area contributed by atoms with Gasteiger partial charge in [-0.1, -0.05) is 48.0 Å². The van der Waals surface area contributed by atoms with Crippen LogP contribution in [0.4, 0.5) is 40.5 Å². The van der Waals surface area contributed by atoms with Gasteiger partial charge in [-0.05, 0) is 49.9 Å². The molecule has 11 nitrogen and oxygen atoms in total. The lowest BCUT2D eigenvalue weighted by molar-refractivity contribution is 0.648. The number of nitrogens with zero attached hydrogens (tertiary/aromatic N) is 8. The minimum atomic E-state index is 0.281. The summed E-state index contributed by atoms with van der Waals surface area (Å²) >= 11 is 6.41. The van der Waals surface area contributed by atoms with E-state index in [9.17, 15) is 0 Å². The Balaban J connectivity index is 0.000000147. The number of benzene rings is 2. The van der Waals surface area contributed by atoms with E-state index in [1.54, 1.807) is 0 Å². The Morgan fingerprint density at radius 3 is 1.35 bits per heavy atom. The number of aromatic nitrogens is 4. The molecule has 240 valence electrons. The Kier molecular flexibility index (Phi) is 8.57. The smallest absolute Gasteiger partial charge is 0.222 e. The number of hydrogen-bond donors (Lipinski definition) is 3. The third-order valence-electron chi connectivity index (χ3n) is 9.20. The molecule has 0 atom stereocenters. The minimum absolute atomic E-state index is 0.281. The highest BCUT2D eigenvalue weighted by Gasteiger charge is 2.34. The van der Waals surface area contributed by atoms with Crippen LogP contribution < -0.4 is 36.8 Å². The van der Waals surface area contributed by atoms with E-state index in [0.29, 0.717) is 22.8 Å². The molecule has 4 heterocycles. The Morgan fingerprint density at radius 2 is 0.891 bits per heavy atom. The van der Waals surface area contributed by atoms with Gasteiger partial charge in [0.2, 0.25) is 11.9 Å². The number of hydrogen-bond acceptors (Lipinski definition) is 11. The van der Waals surface area contributed by atoms with Crippen molar-refractivity contribution >= 4 is 52.1 Å². The molecule has 2 aliphatic heterocycles. The van der Waals surface area contributed by atoms with Crippen LogP contribution in [0.1, 0.15) is 48.9 Å². The molecule has 0 bridgehead atoms. The number of halogens is 1. The molecule has 6 N–H and O–H groups in total. The van der Waals surface area contributed by atoms with Crippen molar-refractivity contribution < 1.29 is 0 Å². The molecule has 46 heavy (non-hydrogen) atoms. The second kappa shape index (κ2) is 13.1. The standard InChI is InChI=1S/C17H20ClN5.C17H22N6/c2*18-16-15(14(12-6-7-12)20-17(19)21-16)23-10-8-22(9-11-23)13-4-2-1-3-5-13/h1-5,12H,6-11H2,(H2,19,20,21);1-5,12H,6-11H2,(H4,18,19,20,21). The van der Waals surface area contributed by atoms with E-state index in [4.69, 9.17) is 28.8 Å². The Hall–Kier alpha value is -4.51. The van der Waals surface area contributed by atoms with Gasteiger partial charge in [-0.15, -0.1) is 0 Å². The van der Waals surface area contributed by atoms with Gasteiger partial charge in [-0.2, -0.15) is 9.97 Å². The van der Waals surface area contributed by atoms with E-state index < -0.39 is 0 Å². The van der Waals surface area contributed by atoms with E-state index in [-0.39, 0.29) is 11.9 Å². The lowest BCUT2D eigenvalue weighted by Crippen LogP contribution is -2.47. The number of anilines is 7. The second-order valence-electron chi connectivity index (χ2n) is 12.5. The van der Waals surface area contributed by atoms with Crippen molar-refractivity contribution in [3.05, 3.63) is 77.2 Å². The van der Waals surface area contributed by atoms with Crippen molar-refractivity contribution in [2.75, 3.05) is 89.2 Å². The van der Waals surface area contributed by atoms with Crippen molar-refractivity contribution in [2.45, 2.75) is 37.5 Å². The molecule has 8 rings (SSSR count). The Morgan fingerprint density at radius 1 is 0.500 bits per heavy atom. The Labute approximate surface area is 275 Å². The first-order valence-electron chi connectivity index (χ1n) is 16.3. The van der Waals surface area contributed by atoms with Gasteiger partial charge in [-0.25, -0.2) is 9.97 Å². The third-order valence-corrected chi connectivity index (χ3v) is 9.47. The van der Waals surface area contributed by atoms with Gasteiger partial charge >= 0.3 is 0 Å². The maximum absolute atomic E-state index is 6.41. The predicted molar refractivity (Wildman–Crippen MR) is 188 cm³/mol. The zero-order valence-electron chi connectivity index (χ0n) is 26.1. The average Bonchev–Trinajstić information content (AvgIpc) is 4.00. The van der Waals surface area contributed by atoms with Crippen LogP contribution >= 0.6 is 11.6 Å². The number of piperazine rings is 2. The zero-order chi connectivity index (χ0) is 31.6. The summed E-state index contributed by atoms with van der Waals surface area (Å²) < 4.78 is 0. The molecule has 4 aliphatic rings. The fourth-order valence-electron chi connectivity index (χ4n) is 6.52. The second-order valence-corrected chi connectivity index (χ2v) is 12.8. The van der Waals surface area contributed by atoms with Crippen LogP contribution in [-0.4, -0.2) is 72.3 Å². The van der Waals surface area contributed by atoms with Gasteiger partial charge in [-0.3, -0.25) is 0 Å². The lowest BCUT2D eigenvalue weighted by Gasteiger charge is -2.38. The highest BCUT2D eigenvalue weighted by Crippen LogP contribution is 2.46. The van der Waals surface area contributed by atoms with Gasteiger partial charge in [0.1, 0.15) is 5.69 Å². The number of nitrogen functional groups attached to an aromatic ring is 3. The molecule has 12 heteroatoms. The Bertz CT molecular complexity index is 1510. The third kappa shape index (κ3) is 6.69. The van der Waals surface area contributed by atoms with Crippen LogP contribution in [0.2, 0.25) is 5.15 Å². The summed E-state index contributed by atoms with van der Waals surface area (Å²) in [5.74, 6) is 2.09. The van der Waals surface area contributed by atoms with Crippen LogP contribution in [0.3, 0.4) is 0 Å². The average molecular weight is 640 g/mol. The fourth-order valence-corrected chi connectivity index (χ4v) is 6.83. The van der Waals surface area contributed by atoms with Gasteiger partial charge in [0.05, 0.1) is 17.1 Å². The molecule has 0 radical (unpaired) electrons. The molecule has 0 amide bonds. The molecule has 4 fully saturated rings. The van der Waals surface area contributed by atoms with Crippen LogP contribution in [0.5, 0.6) is 0 Å². The molecule has 0 spiro atoms.